The van der Waals surface area contributed by atoms with Crippen molar-refractivity contribution in [1.29, 1.82) is 0 Å². The lowest BCUT2D eigenvalue weighted by Crippen LogP contribution is -2.12. The van der Waals surface area contributed by atoms with Crippen LogP contribution in [0.3, 0.4) is 0 Å². The number of amides is 1. The third-order valence-electron chi connectivity index (χ3n) is 4.81. The molecule has 7 nitrogen and oxygen atoms in total. The van der Waals surface area contributed by atoms with Crippen molar-refractivity contribution in [3.8, 4) is 5.82 Å². The number of benzene rings is 1. The second kappa shape index (κ2) is 8.54. The van der Waals surface area contributed by atoms with Crippen molar-refractivity contribution in [3.05, 3.63) is 82.3 Å². The van der Waals surface area contributed by atoms with Gasteiger partial charge >= 0.3 is 0 Å². The summed E-state index contributed by atoms with van der Waals surface area (Å²) in [4.78, 5) is 17.0. The maximum Gasteiger partial charge on any atom is 0.259 e. The van der Waals surface area contributed by atoms with Crippen LogP contribution in [0.5, 0.6) is 0 Å². The second-order valence-electron chi connectivity index (χ2n) is 7.02. The number of rotatable bonds is 6. The van der Waals surface area contributed by atoms with Crippen molar-refractivity contribution in [1.82, 2.24) is 25.0 Å². The van der Waals surface area contributed by atoms with E-state index < -0.39 is 0 Å². The van der Waals surface area contributed by atoms with E-state index in [0.29, 0.717) is 16.5 Å². The van der Waals surface area contributed by atoms with E-state index in [9.17, 15) is 4.79 Å². The van der Waals surface area contributed by atoms with Crippen molar-refractivity contribution in [3.63, 3.8) is 0 Å². The van der Waals surface area contributed by atoms with E-state index in [1.807, 2.05) is 38.1 Å². The van der Waals surface area contributed by atoms with Crippen LogP contribution in [0.4, 0.5) is 5.13 Å². The molecule has 4 rings (SSSR count). The number of pyridine rings is 1. The summed E-state index contributed by atoms with van der Waals surface area (Å²) in [6.07, 6.45) is 2.45. The van der Waals surface area contributed by atoms with Gasteiger partial charge in [-0.1, -0.05) is 48.6 Å². The molecule has 0 aliphatic rings. The van der Waals surface area contributed by atoms with Crippen LogP contribution in [0.15, 0.2) is 54.7 Å². The van der Waals surface area contributed by atoms with Crippen LogP contribution in [-0.2, 0) is 0 Å². The Morgan fingerprint density at radius 1 is 1.13 bits per heavy atom. The monoisotopic (exact) mass is 418 g/mol. The first-order valence-electron chi connectivity index (χ1n) is 9.74. The van der Waals surface area contributed by atoms with Crippen molar-refractivity contribution < 1.29 is 4.79 Å². The van der Waals surface area contributed by atoms with Gasteiger partial charge in [-0.05, 0) is 44.0 Å². The Hall–Kier alpha value is -3.39. The predicted octanol–water partition coefficient (Wildman–Crippen LogP) is 4.53. The Labute approximate surface area is 178 Å². The molecule has 1 aromatic carbocycles. The minimum Gasteiger partial charge on any atom is -0.296 e. The summed E-state index contributed by atoms with van der Waals surface area (Å²) in [7, 11) is 0. The molecule has 8 heteroatoms. The van der Waals surface area contributed by atoms with Crippen molar-refractivity contribution >= 4 is 22.4 Å². The van der Waals surface area contributed by atoms with E-state index in [4.69, 9.17) is 0 Å². The largest absolute Gasteiger partial charge is 0.296 e. The highest BCUT2D eigenvalue weighted by atomic mass is 32.1. The van der Waals surface area contributed by atoms with Crippen molar-refractivity contribution in [2.45, 2.75) is 33.1 Å². The van der Waals surface area contributed by atoms with Gasteiger partial charge in [-0.25, -0.2) is 9.67 Å². The molecule has 0 saturated carbocycles. The Balaban J connectivity index is 1.47. The molecule has 0 bridgehead atoms. The van der Waals surface area contributed by atoms with Gasteiger partial charge in [-0.2, -0.15) is 5.10 Å². The fourth-order valence-electron chi connectivity index (χ4n) is 3.34. The van der Waals surface area contributed by atoms with Crippen LogP contribution in [-0.4, -0.2) is 30.9 Å². The van der Waals surface area contributed by atoms with E-state index in [2.05, 4.69) is 44.7 Å². The summed E-state index contributed by atoms with van der Waals surface area (Å²) in [5.74, 6) is 0.568. The lowest BCUT2D eigenvalue weighted by Gasteiger charge is -2.11. The number of carbonyl (C=O) groups is 1. The predicted molar refractivity (Wildman–Crippen MR) is 117 cm³/mol. The van der Waals surface area contributed by atoms with E-state index in [0.717, 1.165) is 22.8 Å². The molecule has 1 amide bonds. The zero-order chi connectivity index (χ0) is 21.1. The summed E-state index contributed by atoms with van der Waals surface area (Å²) in [6, 6.07) is 15.7. The third-order valence-corrected chi connectivity index (χ3v) is 5.76. The maximum atomic E-state index is 12.6. The normalized spacial score (nSPS) is 12.0. The van der Waals surface area contributed by atoms with Gasteiger partial charge in [0.05, 0.1) is 11.3 Å². The van der Waals surface area contributed by atoms with Crippen LogP contribution in [0.25, 0.3) is 5.82 Å². The number of aromatic nitrogens is 5. The molecule has 3 aromatic heterocycles. The van der Waals surface area contributed by atoms with Crippen molar-refractivity contribution in [2.24, 2.45) is 0 Å². The first-order chi connectivity index (χ1) is 14.5. The maximum absolute atomic E-state index is 12.6. The smallest absolute Gasteiger partial charge is 0.259 e. The fourth-order valence-corrected chi connectivity index (χ4v) is 4.29. The van der Waals surface area contributed by atoms with Gasteiger partial charge in [-0.15, -0.1) is 10.2 Å². The molecule has 0 radical (unpaired) electrons. The Morgan fingerprint density at radius 3 is 2.57 bits per heavy atom. The molecule has 1 atom stereocenters. The summed E-state index contributed by atoms with van der Waals surface area (Å²) in [5.41, 5.74) is 3.55. The molecular weight excluding hydrogens is 396 g/mol. The zero-order valence-electron chi connectivity index (χ0n) is 17.0. The quantitative estimate of drug-likeness (QED) is 0.497. The molecule has 0 aliphatic carbocycles. The molecule has 152 valence electrons. The van der Waals surface area contributed by atoms with E-state index in [1.54, 1.807) is 23.0 Å². The molecule has 30 heavy (non-hydrogen) atoms. The fraction of sp³-hybridized carbons (Fsp3) is 0.227. The Morgan fingerprint density at radius 2 is 1.93 bits per heavy atom. The third kappa shape index (κ3) is 4.13. The molecule has 1 unspecified atom stereocenters. The Bertz CT molecular complexity index is 1150. The lowest BCUT2D eigenvalue weighted by molar-refractivity contribution is 0.102. The summed E-state index contributed by atoms with van der Waals surface area (Å²) in [5, 5.41) is 17.1. The minimum atomic E-state index is -0.266. The average molecular weight is 419 g/mol. The van der Waals surface area contributed by atoms with Crippen LogP contribution in [0.1, 0.15) is 51.6 Å². The number of nitrogens with zero attached hydrogens (tertiary/aromatic N) is 5. The molecule has 0 spiro atoms. The number of aryl methyl sites for hydroxylation is 2. The molecule has 0 fully saturated rings. The van der Waals surface area contributed by atoms with Gasteiger partial charge < -0.3 is 0 Å². The van der Waals surface area contributed by atoms with Gasteiger partial charge in [0.2, 0.25) is 5.13 Å². The lowest BCUT2D eigenvalue weighted by atomic mass is 9.97. The second-order valence-corrected chi connectivity index (χ2v) is 8.02. The molecular formula is C22H22N6OS. The molecule has 0 saturated heterocycles. The molecule has 4 aromatic rings. The van der Waals surface area contributed by atoms with Gasteiger partial charge in [0.15, 0.2) is 5.82 Å². The van der Waals surface area contributed by atoms with Crippen molar-refractivity contribution in [2.75, 3.05) is 5.32 Å². The minimum absolute atomic E-state index is 0.163. The van der Waals surface area contributed by atoms with Gasteiger partial charge in [0.25, 0.3) is 5.91 Å². The summed E-state index contributed by atoms with van der Waals surface area (Å²) < 4.78 is 1.75. The first kappa shape index (κ1) is 19.9. The SMILES string of the molecule is CCC(c1ccccc1)c1nnc(NC(=O)c2ccc(-n3nc(C)cc3C)nc2)s1. The topological polar surface area (TPSA) is 85.6 Å². The molecule has 1 N–H and O–H groups in total. The number of hydrogen-bond donors (Lipinski definition) is 1. The van der Waals surface area contributed by atoms with Gasteiger partial charge in [0, 0.05) is 17.8 Å². The van der Waals surface area contributed by atoms with Crippen LogP contribution in [0, 0.1) is 13.8 Å². The first-order valence-corrected chi connectivity index (χ1v) is 10.6. The summed E-state index contributed by atoms with van der Waals surface area (Å²) >= 11 is 1.40. The van der Waals surface area contributed by atoms with Crippen LogP contribution < -0.4 is 5.32 Å². The highest BCUT2D eigenvalue weighted by molar-refractivity contribution is 7.15. The average Bonchev–Trinajstić information content (AvgIpc) is 3.35. The van der Waals surface area contributed by atoms with E-state index in [-0.39, 0.29) is 11.8 Å². The molecule has 0 aliphatic heterocycles. The highest BCUT2D eigenvalue weighted by Gasteiger charge is 2.18. The number of hydrogen-bond acceptors (Lipinski definition) is 6. The van der Waals surface area contributed by atoms with E-state index >= 15 is 0 Å². The standard InChI is InChI=1S/C22H22N6OS/c1-4-18(16-8-6-5-7-9-16)21-25-26-22(30-21)24-20(29)17-10-11-19(23-13-17)28-15(3)12-14(2)27-28/h5-13,18H,4H2,1-3H3,(H,24,26,29). The highest BCUT2D eigenvalue weighted by Crippen LogP contribution is 2.31. The Kier molecular flexibility index (Phi) is 5.67. The summed E-state index contributed by atoms with van der Waals surface area (Å²) in [6.45, 7) is 6.02. The van der Waals surface area contributed by atoms with Gasteiger partial charge in [0.1, 0.15) is 5.01 Å². The number of carbonyl (C=O) groups excluding carboxylic acids is 1. The molecule has 3 heterocycles. The van der Waals surface area contributed by atoms with Crippen LogP contribution in [0.2, 0.25) is 0 Å². The van der Waals surface area contributed by atoms with Crippen LogP contribution >= 0.6 is 11.3 Å². The van der Waals surface area contributed by atoms with E-state index in [1.165, 1.54) is 16.9 Å². The zero-order valence-corrected chi connectivity index (χ0v) is 17.8. The number of nitrogens with one attached hydrogen (secondary N) is 1. The number of anilines is 1. The van der Waals surface area contributed by atoms with Gasteiger partial charge in [-0.3, -0.25) is 10.1 Å².